The Morgan fingerprint density at radius 2 is 2.10 bits per heavy atom. The zero-order valence-electron chi connectivity index (χ0n) is 11.3. The summed E-state index contributed by atoms with van der Waals surface area (Å²) in [6.45, 7) is 0.784. The van der Waals surface area contributed by atoms with Crippen molar-refractivity contribution in [2.45, 2.75) is 6.54 Å². The molecule has 0 atom stereocenters. The Labute approximate surface area is 128 Å². The monoisotopic (exact) mass is 294 g/mol. The Balaban J connectivity index is 1.73. The molecule has 0 saturated heterocycles. The molecule has 104 valence electrons. The van der Waals surface area contributed by atoms with E-state index in [4.69, 9.17) is 12.2 Å². The molecule has 0 bridgehead atoms. The maximum atomic E-state index is 5.37. The Kier molecular flexibility index (Phi) is 4.02. The van der Waals surface area contributed by atoms with Crippen molar-refractivity contribution in [3.8, 4) is 0 Å². The number of hydrogen-bond acceptors (Lipinski definition) is 3. The fourth-order valence-corrected chi connectivity index (χ4v) is 2.27. The molecule has 0 aliphatic heterocycles. The van der Waals surface area contributed by atoms with E-state index in [0.717, 1.165) is 17.9 Å². The second-order valence-electron chi connectivity index (χ2n) is 4.60. The van der Waals surface area contributed by atoms with Gasteiger partial charge in [-0.2, -0.15) is 0 Å². The lowest BCUT2D eigenvalue weighted by Gasteiger charge is -2.09. The zero-order valence-corrected chi connectivity index (χ0v) is 12.1. The van der Waals surface area contributed by atoms with Gasteiger partial charge in [-0.3, -0.25) is 4.98 Å². The number of benzene rings is 1. The average Bonchev–Trinajstić information content (AvgIpc) is 3.01. The van der Waals surface area contributed by atoms with Gasteiger partial charge in [0.25, 0.3) is 0 Å². The van der Waals surface area contributed by atoms with Gasteiger partial charge in [-0.15, -0.1) is 0 Å². The molecule has 3 rings (SSSR count). The quantitative estimate of drug-likeness (QED) is 0.751. The lowest BCUT2D eigenvalue weighted by atomic mass is 10.2. The third kappa shape index (κ3) is 3.52. The average molecular weight is 294 g/mol. The number of nitrogens with one attached hydrogen (secondary N) is 1. The maximum absolute atomic E-state index is 5.37. The van der Waals surface area contributed by atoms with Gasteiger partial charge < -0.3 is 9.88 Å². The van der Waals surface area contributed by atoms with E-state index in [9.17, 15) is 0 Å². The number of anilines is 1. The van der Waals surface area contributed by atoms with Crippen LogP contribution in [0.1, 0.15) is 11.3 Å². The predicted octanol–water partition coefficient (Wildman–Crippen LogP) is 3.11. The van der Waals surface area contributed by atoms with Gasteiger partial charge >= 0.3 is 0 Å². The summed E-state index contributed by atoms with van der Waals surface area (Å²) < 4.78 is 2.02. The van der Waals surface area contributed by atoms with Crippen LogP contribution < -0.4 is 5.32 Å². The highest BCUT2D eigenvalue weighted by Gasteiger charge is 2.03. The van der Waals surface area contributed by atoms with Crippen molar-refractivity contribution < 1.29 is 0 Å². The van der Waals surface area contributed by atoms with Gasteiger partial charge in [-0.25, -0.2) is 4.98 Å². The Hall–Kier alpha value is -2.53. The molecule has 5 heteroatoms. The van der Waals surface area contributed by atoms with Crippen molar-refractivity contribution in [3.05, 3.63) is 78.6 Å². The van der Waals surface area contributed by atoms with Gasteiger partial charge in [0.1, 0.15) is 4.99 Å². The summed E-state index contributed by atoms with van der Waals surface area (Å²) >= 11 is 5.37. The molecule has 2 aromatic heterocycles. The van der Waals surface area contributed by atoms with Crippen LogP contribution in [0.5, 0.6) is 0 Å². The summed E-state index contributed by atoms with van der Waals surface area (Å²) in [5, 5.41) is 3.22. The Bertz CT molecular complexity index is 723. The van der Waals surface area contributed by atoms with Crippen molar-refractivity contribution in [2.75, 3.05) is 5.32 Å². The van der Waals surface area contributed by atoms with Gasteiger partial charge in [0.2, 0.25) is 0 Å². The molecule has 0 unspecified atom stereocenters. The first kappa shape index (κ1) is 13.5. The number of rotatable bonds is 4. The van der Waals surface area contributed by atoms with Crippen LogP contribution in [0.4, 0.5) is 5.69 Å². The maximum Gasteiger partial charge on any atom is 0.129 e. The fourth-order valence-electron chi connectivity index (χ4n) is 2.03. The molecule has 0 saturated carbocycles. The number of hydrogen-bond donors (Lipinski definition) is 1. The molecule has 4 nitrogen and oxygen atoms in total. The van der Waals surface area contributed by atoms with Crippen LogP contribution in [0.2, 0.25) is 0 Å². The number of aromatic nitrogens is 3. The van der Waals surface area contributed by atoms with Crippen molar-refractivity contribution in [2.24, 2.45) is 0 Å². The normalized spacial score (nSPS) is 10.3. The van der Waals surface area contributed by atoms with Crippen molar-refractivity contribution in [1.82, 2.24) is 14.5 Å². The third-order valence-corrected chi connectivity index (χ3v) is 3.32. The molecular weight excluding hydrogens is 280 g/mol. The van der Waals surface area contributed by atoms with Crippen LogP contribution in [0.3, 0.4) is 0 Å². The van der Waals surface area contributed by atoms with Crippen LogP contribution in [0.15, 0.2) is 67.4 Å². The van der Waals surface area contributed by atoms with E-state index < -0.39 is 0 Å². The second kappa shape index (κ2) is 6.28. The van der Waals surface area contributed by atoms with Crippen LogP contribution >= 0.6 is 12.2 Å². The van der Waals surface area contributed by atoms with E-state index in [2.05, 4.69) is 27.4 Å². The highest BCUT2D eigenvalue weighted by atomic mass is 32.1. The minimum atomic E-state index is 0.621. The summed E-state index contributed by atoms with van der Waals surface area (Å²) in [6, 6.07) is 13.8. The third-order valence-electron chi connectivity index (χ3n) is 3.01. The molecule has 21 heavy (non-hydrogen) atoms. The molecule has 0 fully saturated rings. The molecule has 0 aliphatic carbocycles. The van der Waals surface area contributed by atoms with Crippen molar-refractivity contribution >= 4 is 22.9 Å². The standard InChI is InChI=1S/C16H14N4S/c21-16(15-6-1-2-7-18-15)19-14-5-3-4-13(10-14)11-20-9-8-17-12-20/h1-10,12H,11H2,(H,19,21). The lowest BCUT2D eigenvalue weighted by molar-refractivity contribution is 0.798. The molecule has 0 amide bonds. The van der Waals surface area contributed by atoms with E-state index in [1.54, 1.807) is 18.7 Å². The fraction of sp³-hybridized carbons (Fsp3) is 0.0625. The molecule has 0 radical (unpaired) electrons. The van der Waals surface area contributed by atoms with Crippen molar-refractivity contribution in [1.29, 1.82) is 0 Å². The SMILES string of the molecule is S=C(Nc1cccc(Cn2ccnc2)c1)c1ccccn1. The van der Waals surface area contributed by atoms with Gasteiger partial charge in [0, 0.05) is 30.8 Å². The van der Waals surface area contributed by atoms with Crippen molar-refractivity contribution in [3.63, 3.8) is 0 Å². The Morgan fingerprint density at radius 1 is 1.14 bits per heavy atom. The topological polar surface area (TPSA) is 42.7 Å². The molecule has 0 spiro atoms. The van der Waals surface area contributed by atoms with Gasteiger partial charge in [-0.05, 0) is 29.8 Å². The van der Waals surface area contributed by atoms with Gasteiger partial charge in [0.05, 0.1) is 12.0 Å². The molecular formula is C16H14N4S. The Morgan fingerprint density at radius 3 is 2.86 bits per heavy atom. The number of pyridine rings is 1. The van der Waals surface area contributed by atoms with Gasteiger partial charge in [-0.1, -0.05) is 30.4 Å². The minimum absolute atomic E-state index is 0.621. The first-order valence-electron chi connectivity index (χ1n) is 6.58. The summed E-state index contributed by atoms with van der Waals surface area (Å²) in [5.41, 5.74) is 2.91. The minimum Gasteiger partial charge on any atom is -0.345 e. The number of nitrogens with zero attached hydrogens (tertiary/aromatic N) is 3. The van der Waals surface area contributed by atoms with E-state index in [1.807, 2.05) is 41.1 Å². The van der Waals surface area contributed by atoms with Crippen LogP contribution in [-0.2, 0) is 6.54 Å². The lowest BCUT2D eigenvalue weighted by Crippen LogP contribution is -2.12. The summed E-state index contributed by atoms with van der Waals surface area (Å²) in [6.07, 6.45) is 7.26. The number of thiocarbonyl (C=S) groups is 1. The molecule has 1 N–H and O–H groups in total. The highest BCUT2D eigenvalue weighted by molar-refractivity contribution is 7.81. The predicted molar refractivity (Wildman–Crippen MR) is 87.3 cm³/mol. The molecule has 0 aliphatic rings. The van der Waals surface area contributed by atoms with Crippen LogP contribution in [-0.4, -0.2) is 19.5 Å². The van der Waals surface area contributed by atoms with Gasteiger partial charge in [0.15, 0.2) is 0 Å². The first-order valence-corrected chi connectivity index (χ1v) is 6.99. The van der Waals surface area contributed by atoms with Crippen LogP contribution in [0, 0.1) is 0 Å². The van der Waals surface area contributed by atoms with E-state index in [1.165, 1.54) is 5.56 Å². The summed E-state index contributed by atoms with van der Waals surface area (Å²) in [5.74, 6) is 0. The largest absolute Gasteiger partial charge is 0.345 e. The summed E-state index contributed by atoms with van der Waals surface area (Å²) in [7, 11) is 0. The molecule has 3 aromatic rings. The van der Waals surface area contributed by atoms with E-state index >= 15 is 0 Å². The zero-order chi connectivity index (χ0) is 14.5. The molecule has 2 heterocycles. The first-order chi connectivity index (χ1) is 10.3. The molecule has 1 aromatic carbocycles. The van der Waals surface area contributed by atoms with E-state index in [0.29, 0.717) is 4.99 Å². The number of imidazole rings is 1. The van der Waals surface area contributed by atoms with E-state index in [-0.39, 0.29) is 0 Å². The highest BCUT2D eigenvalue weighted by Crippen LogP contribution is 2.13. The smallest absolute Gasteiger partial charge is 0.129 e. The summed E-state index contributed by atoms with van der Waals surface area (Å²) in [4.78, 5) is 8.91. The van der Waals surface area contributed by atoms with Crippen LogP contribution in [0.25, 0.3) is 0 Å². The second-order valence-corrected chi connectivity index (χ2v) is 5.01.